The lowest BCUT2D eigenvalue weighted by Gasteiger charge is -2.28. The first-order valence-corrected chi connectivity index (χ1v) is 24.0. The van der Waals surface area contributed by atoms with Crippen molar-refractivity contribution in [3.63, 3.8) is 0 Å². The molecule has 4 aliphatic rings. The van der Waals surface area contributed by atoms with Crippen molar-refractivity contribution in [2.45, 2.75) is 126 Å². The SMILES string of the molecule is COCCO[C@H]1C(OC)[C@@H](COP(O)(=S)OC2[C@@H](COC)O[C@@H](C)[C@H]2OCCOC)O[C@H]1C.COC[C@H]1O[C@@H](C)CC1OP(O)(=S)OC[C@H]1O[C@@H](C)CC1OC. The van der Waals surface area contributed by atoms with E-state index in [4.69, 9.17) is 98.6 Å². The van der Waals surface area contributed by atoms with Crippen LogP contribution in [0.25, 0.3) is 0 Å². The highest BCUT2D eigenvalue weighted by Gasteiger charge is 2.48. The van der Waals surface area contributed by atoms with Gasteiger partial charge in [-0.25, -0.2) is 0 Å². The minimum absolute atomic E-state index is 0.0198. The van der Waals surface area contributed by atoms with E-state index in [1.54, 1.807) is 42.7 Å². The molecule has 4 aliphatic heterocycles. The average molecular weight is 889 g/mol. The van der Waals surface area contributed by atoms with Gasteiger partial charge < -0.3 is 80.2 Å². The van der Waals surface area contributed by atoms with Gasteiger partial charge in [-0.2, -0.15) is 0 Å². The van der Waals surface area contributed by atoms with E-state index in [-0.39, 0.29) is 74.8 Å². The van der Waals surface area contributed by atoms with Gasteiger partial charge in [0.05, 0.1) is 89.5 Å². The Morgan fingerprint density at radius 3 is 1.45 bits per heavy atom. The van der Waals surface area contributed by atoms with E-state index >= 15 is 0 Å². The van der Waals surface area contributed by atoms with Crippen molar-refractivity contribution >= 4 is 37.1 Å². The van der Waals surface area contributed by atoms with Crippen molar-refractivity contribution in [1.82, 2.24) is 0 Å². The van der Waals surface area contributed by atoms with Crippen molar-refractivity contribution in [3.8, 4) is 0 Å². The maximum Gasteiger partial charge on any atom is 0.325 e. The van der Waals surface area contributed by atoms with Crippen LogP contribution >= 0.6 is 13.4 Å². The van der Waals surface area contributed by atoms with Crippen LogP contribution in [-0.4, -0.2) is 191 Å². The molecule has 56 heavy (non-hydrogen) atoms. The first kappa shape index (κ1) is 50.9. The van der Waals surface area contributed by atoms with Crippen molar-refractivity contribution < 1.29 is 84.7 Å². The van der Waals surface area contributed by atoms with Crippen LogP contribution in [0.15, 0.2) is 0 Å². The van der Waals surface area contributed by atoms with Crippen LogP contribution in [0.4, 0.5) is 0 Å². The summed E-state index contributed by atoms with van der Waals surface area (Å²) < 4.78 is 89.1. The fraction of sp³-hybridized carbons (Fsp3) is 1.00. The summed E-state index contributed by atoms with van der Waals surface area (Å²) in [7, 11) is 9.57. The summed E-state index contributed by atoms with van der Waals surface area (Å²) in [5.74, 6) is 0. The van der Waals surface area contributed by atoms with Gasteiger partial charge in [-0.05, 0) is 51.3 Å². The second kappa shape index (κ2) is 25.5. The fourth-order valence-corrected chi connectivity index (χ4v) is 9.95. The van der Waals surface area contributed by atoms with Crippen LogP contribution in [0.1, 0.15) is 40.5 Å². The molecule has 4 fully saturated rings. The van der Waals surface area contributed by atoms with Crippen molar-refractivity contribution in [1.29, 1.82) is 0 Å². The van der Waals surface area contributed by atoms with Gasteiger partial charge in [0.2, 0.25) is 0 Å². The lowest BCUT2D eigenvalue weighted by atomic mass is 10.1. The Morgan fingerprint density at radius 2 is 0.946 bits per heavy atom. The number of ether oxygens (including phenoxy) is 12. The summed E-state index contributed by atoms with van der Waals surface area (Å²) in [6, 6.07) is 0. The minimum atomic E-state index is -3.67. The van der Waals surface area contributed by atoms with Gasteiger partial charge in [0.25, 0.3) is 0 Å². The molecule has 4 saturated heterocycles. The maximum atomic E-state index is 10.8. The summed E-state index contributed by atoms with van der Waals surface area (Å²) in [5.41, 5.74) is 0. The van der Waals surface area contributed by atoms with Gasteiger partial charge in [0.15, 0.2) is 0 Å². The van der Waals surface area contributed by atoms with Gasteiger partial charge in [-0.1, -0.05) is 0 Å². The Hall–Kier alpha value is 0.580. The van der Waals surface area contributed by atoms with E-state index in [9.17, 15) is 9.79 Å². The normalized spacial score (nSPS) is 38.0. The van der Waals surface area contributed by atoms with Crippen LogP contribution in [0, 0.1) is 0 Å². The third kappa shape index (κ3) is 16.1. The van der Waals surface area contributed by atoms with Crippen molar-refractivity contribution in [2.75, 3.05) is 95.5 Å². The predicted octanol–water partition coefficient (Wildman–Crippen LogP) is 2.53. The third-order valence-electron chi connectivity index (χ3n) is 9.62. The fourth-order valence-electron chi connectivity index (χ4n) is 7.04. The number of rotatable bonds is 24. The maximum absolute atomic E-state index is 10.8. The monoisotopic (exact) mass is 888 g/mol. The summed E-state index contributed by atoms with van der Waals surface area (Å²) in [4.78, 5) is 21.1. The summed E-state index contributed by atoms with van der Waals surface area (Å²) in [5, 5.41) is 0. The quantitative estimate of drug-likeness (QED) is 0.106. The standard InChI is InChI=1S/C20H39O11PS.C14H27O7PS/c1-13-17(26-9-7-22-3)19(25-6)16(30-13)12-28-32(21,33)31-20-15(11-24-5)29-14(2)18(20)27-10-8-23-4;1-9-5-11(17-4)14(20-9)8-18-22(15,23)21-12-6-10(2)19-13(12)7-16-3/h13-20H,7-12H2,1-6H3,(H,21,33);9-14H,5-8H2,1-4H3,(H,15,23)/t13-,14-,15+,16+,17+,18+,19?,20?,32?;9-,10-,11?,12?,13+,14+,22?/m00/s1. The largest absolute Gasteiger partial charge is 0.382 e. The molecule has 0 aromatic heterocycles. The van der Waals surface area contributed by atoms with E-state index in [0.29, 0.717) is 39.5 Å². The Labute approximate surface area is 342 Å². The molecule has 0 bridgehead atoms. The Balaban J connectivity index is 0.000000320. The summed E-state index contributed by atoms with van der Waals surface area (Å²) in [6.07, 6.45) is -2.62. The highest BCUT2D eigenvalue weighted by Crippen LogP contribution is 2.50. The first-order valence-electron chi connectivity index (χ1n) is 18.8. The highest BCUT2D eigenvalue weighted by molar-refractivity contribution is 8.07. The molecule has 0 aromatic rings. The van der Waals surface area contributed by atoms with Crippen LogP contribution < -0.4 is 0 Å². The van der Waals surface area contributed by atoms with E-state index < -0.39 is 44.0 Å². The number of hydrogen-bond acceptors (Lipinski definition) is 18. The molecular formula is C34H66O18P2S2. The number of hydrogen-bond donors (Lipinski definition) is 2. The first-order chi connectivity index (χ1) is 26.6. The highest BCUT2D eigenvalue weighted by atomic mass is 32.5. The molecule has 4 heterocycles. The van der Waals surface area contributed by atoms with Gasteiger partial charge in [-0.15, -0.1) is 0 Å². The van der Waals surface area contributed by atoms with E-state index in [1.807, 2.05) is 27.7 Å². The second-order valence-corrected chi connectivity index (χ2v) is 19.6. The van der Waals surface area contributed by atoms with Gasteiger partial charge in [0, 0.05) is 55.5 Å². The van der Waals surface area contributed by atoms with Crippen LogP contribution in [0.2, 0.25) is 0 Å². The molecule has 332 valence electrons. The molecule has 0 amide bonds. The second-order valence-electron chi connectivity index (χ2n) is 14.0. The van der Waals surface area contributed by atoms with E-state index in [1.165, 1.54) is 0 Å². The van der Waals surface area contributed by atoms with Gasteiger partial charge >= 0.3 is 13.4 Å². The van der Waals surface area contributed by atoms with Crippen molar-refractivity contribution in [3.05, 3.63) is 0 Å². The van der Waals surface area contributed by atoms with Crippen LogP contribution in [0.3, 0.4) is 0 Å². The third-order valence-corrected chi connectivity index (χ3v) is 12.8. The van der Waals surface area contributed by atoms with Crippen LogP contribution in [0.5, 0.6) is 0 Å². The molecule has 0 aromatic carbocycles. The molecule has 4 rings (SSSR count). The number of methoxy groups -OCH3 is 6. The van der Waals surface area contributed by atoms with Gasteiger partial charge in [-0.3, -0.25) is 4.52 Å². The van der Waals surface area contributed by atoms with Crippen LogP contribution in [-0.2, 0) is 98.6 Å². The molecule has 0 spiro atoms. The predicted molar refractivity (Wildman–Crippen MR) is 210 cm³/mol. The molecule has 2 N–H and O–H groups in total. The summed E-state index contributed by atoms with van der Waals surface area (Å²) in [6.45, 7) is 3.04. The topological polar surface area (TPSA) is 188 Å². The molecular weight excluding hydrogens is 822 g/mol. The average Bonchev–Trinajstić information content (AvgIpc) is 3.86. The molecule has 0 saturated carbocycles. The lowest BCUT2D eigenvalue weighted by Crippen LogP contribution is -2.39. The molecule has 0 aliphatic carbocycles. The Kier molecular flexibility index (Phi) is 23.2. The van der Waals surface area contributed by atoms with Gasteiger partial charge in [0.1, 0.15) is 48.8 Å². The van der Waals surface area contributed by atoms with E-state index in [0.717, 1.165) is 6.42 Å². The smallest absolute Gasteiger partial charge is 0.325 e. The van der Waals surface area contributed by atoms with E-state index in [2.05, 4.69) is 0 Å². The Morgan fingerprint density at radius 1 is 0.500 bits per heavy atom. The minimum Gasteiger partial charge on any atom is -0.382 e. The zero-order chi connectivity index (χ0) is 41.5. The molecule has 6 unspecified atom stereocenters. The molecule has 16 atom stereocenters. The zero-order valence-corrected chi connectivity index (χ0v) is 37.7. The molecule has 0 radical (unpaired) electrons. The Bertz CT molecular complexity index is 1200. The zero-order valence-electron chi connectivity index (χ0n) is 34.3. The summed E-state index contributed by atoms with van der Waals surface area (Å²) >= 11 is 10.4. The lowest BCUT2D eigenvalue weighted by molar-refractivity contribution is -0.0639. The molecule has 22 heteroatoms. The molecule has 18 nitrogen and oxygen atoms in total. The van der Waals surface area contributed by atoms with Crippen molar-refractivity contribution in [2.24, 2.45) is 0 Å².